The monoisotopic (exact) mass is 268 g/mol. The first-order valence-electron chi connectivity index (χ1n) is 5.97. The van der Waals surface area contributed by atoms with Crippen LogP contribution in [0.25, 0.3) is 0 Å². The summed E-state index contributed by atoms with van der Waals surface area (Å²) in [6.07, 6.45) is -2.32. The minimum Gasteiger partial charge on any atom is -0.381 e. The number of rotatable bonds is 5. The van der Waals surface area contributed by atoms with Crippen LogP contribution in [-0.2, 0) is 9.53 Å². The lowest BCUT2D eigenvalue weighted by Gasteiger charge is -2.27. The molecule has 0 aromatic heterocycles. The Kier molecular flexibility index (Phi) is 5.87. The van der Waals surface area contributed by atoms with Gasteiger partial charge in [-0.25, -0.2) is 0 Å². The Morgan fingerprint density at radius 1 is 1.50 bits per heavy atom. The van der Waals surface area contributed by atoms with E-state index in [-0.39, 0.29) is 18.4 Å². The molecule has 7 heteroatoms. The molecule has 0 saturated carbocycles. The van der Waals surface area contributed by atoms with Gasteiger partial charge in [-0.2, -0.15) is 13.2 Å². The first kappa shape index (κ1) is 15.2. The van der Waals surface area contributed by atoms with Gasteiger partial charge in [-0.05, 0) is 18.8 Å². The number of likely N-dealkylation sites (N-methyl/N-ethyl adjacent to an activating group) is 1. The molecule has 1 heterocycles. The van der Waals surface area contributed by atoms with Crippen LogP contribution < -0.4 is 5.32 Å². The number of hydrogen-bond donors (Lipinski definition) is 1. The molecule has 1 aliphatic rings. The summed E-state index contributed by atoms with van der Waals surface area (Å²) in [6.45, 7) is 0.476. The Labute approximate surface area is 104 Å². The Balaban J connectivity index is 2.19. The summed E-state index contributed by atoms with van der Waals surface area (Å²) in [5, 5.41) is 2.10. The van der Waals surface area contributed by atoms with E-state index in [1.807, 2.05) is 0 Å². The second-order valence-corrected chi connectivity index (χ2v) is 4.58. The molecule has 0 bridgehead atoms. The molecule has 1 fully saturated rings. The number of halogens is 3. The van der Waals surface area contributed by atoms with Gasteiger partial charge in [0.05, 0.1) is 19.7 Å². The van der Waals surface area contributed by atoms with Crippen molar-refractivity contribution < 1.29 is 22.7 Å². The van der Waals surface area contributed by atoms with Crippen molar-refractivity contribution in [1.29, 1.82) is 0 Å². The summed E-state index contributed by atoms with van der Waals surface area (Å²) in [7, 11) is 1.60. The molecule has 0 spiro atoms. The van der Waals surface area contributed by atoms with Gasteiger partial charge in [0.15, 0.2) is 0 Å². The molecule has 4 nitrogen and oxygen atoms in total. The van der Waals surface area contributed by atoms with Gasteiger partial charge in [-0.15, -0.1) is 0 Å². The summed E-state index contributed by atoms with van der Waals surface area (Å²) < 4.78 is 40.9. The summed E-state index contributed by atoms with van der Waals surface area (Å²) in [5.41, 5.74) is 0. The maximum absolute atomic E-state index is 11.9. The third-order valence-electron chi connectivity index (χ3n) is 2.81. The zero-order valence-corrected chi connectivity index (χ0v) is 10.4. The first-order valence-corrected chi connectivity index (χ1v) is 5.97. The van der Waals surface area contributed by atoms with Crippen molar-refractivity contribution in [1.82, 2.24) is 10.2 Å². The second kappa shape index (κ2) is 6.94. The average Bonchev–Trinajstić information content (AvgIpc) is 2.28. The highest BCUT2D eigenvalue weighted by molar-refractivity contribution is 5.77. The highest BCUT2D eigenvalue weighted by Gasteiger charge is 2.27. The molecule has 106 valence electrons. The molecule has 0 aromatic carbocycles. The van der Waals surface area contributed by atoms with Gasteiger partial charge in [0.2, 0.25) is 5.91 Å². The van der Waals surface area contributed by atoms with Crippen molar-refractivity contribution >= 4 is 5.91 Å². The SMILES string of the molecule is CN(CC1CCCOC1)C(=O)CNCC(F)(F)F. The predicted octanol–water partition coefficient (Wildman–Crippen LogP) is 1.02. The molecule has 1 saturated heterocycles. The van der Waals surface area contributed by atoms with Crippen LogP contribution in [0.5, 0.6) is 0 Å². The highest BCUT2D eigenvalue weighted by Crippen LogP contribution is 2.14. The quantitative estimate of drug-likeness (QED) is 0.809. The average molecular weight is 268 g/mol. The van der Waals surface area contributed by atoms with Gasteiger partial charge < -0.3 is 15.0 Å². The Hall–Kier alpha value is -0.820. The predicted molar refractivity (Wildman–Crippen MR) is 60.1 cm³/mol. The molecular formula is C11H19F3N2O2. The second-order valence-electron chi connectivity index (χ2n) is 4.58. The van der Waals surface area contributed by atoms with Crippen LogP contribution in [0.15, 0.2) is 0 Å². The van der Waals surface area contributed by atoms with Crippen LogP contribution in [0.1, 0.15) is 12.8 Å². The Morgan fingerprint density at radius 3 is 2.78 bits per heavy atom. The van der Waals surface area contributed by atoms with E-state index in [0.717, 1.165) is 19.4 Å². The van der Waals surface area contributed by atoms with E-state index < -0.39 is 12.7 Å². The van der Waals surface area contributed by atoms with E-state index in [4.69, 9.17) is 4.74 Å². The Bertz CT molecular complexity index is 266. The van der Waals surface area contributed by atoms with Crippen molar-refractivity contribution in [3.8, 4) is 0 Å². The van der Waals surface area contributed by atoms with E-state index in [0.29, 0.717) is 13.2 Å². The molecule has 1 unspecified atom stereocenters. The lowest BCUT2D eigenvalue weighted by atomic mass is 10.0. The number of alkyl halides is 3. The Morgan fingerprint density at radius 2 is 2.22 bits per heavy atom. The normalized spacial score (nSPS) is 20.8. The van der Waals surface area contributed by atoms with Crippen LogP contribution in [0.4, 0.5) is 13.2 Å². The molecule has 0 radical (unpaired) electrons. The van der Waals surface area contributed by atoms with Gasteiger partial charge >= 0.3 is 6.18 Å². The summed E-state index contributed by atoms with van der Waals surface area (Å²) >= 11 is 0. The summed E-state index contributed by atoms with van der Waals surface area (Å²) in [6, 6.07) is 0. The van der Waals surface area contributed by atoms with Crippen molar-refractivity contribution in [3.05, 3.63) is 0 Å². The number of carbonyl (C=O) groups excluding carboxylic acids is 1. The molecule has 1 amide bonds. The minimum absolute atomic E-state index is 0.287. The van der Waals surface area contributed by atoms with Gasteiger partial charge in [-0.1, -0.05) is 0 Å². The zero-order chi connectivity index (χ0) is 13.6. The van der Waals surface area contributed by atoms with Crippen molar-refractivity contribution in [2.45, 2.75) is 19.0 Å². The molecule has 1 atom stereocenters. The molecule has 1 aliphatic heterocycles. The number of amides is 1. The zero-order valence-electron chi connectivity index (χ0n) is 10.4. The summed E-state index contributed by atoms with van der Waals surface area (Å²) in [4.78, 5) is 13.0. The van der Waals surface area contributed by atoms with Crippen LogP contribution in [0.3, 0.4) is 0 Å². The van der Waals surface area contributed by atoms with Gasteiger partial charge in [0, 0.05) is 20.2 Å². The molecule has 18 heavy (non-hydrogen) atoms. The van der Waals surface area contributed by atoms with E-state index in [2.05, 4.69) is 5.32 Å². The van der Waals surface area contributed by atoms with Crippen molar-refractivity contribution in [3.63, 3.8) is 0 Å². The fraction of sp³-hybridized carbons (Fsp3) is 0.909. The van der Waals surface area contributed by atoms with E-state index >= 15 is 0 Å². The molecule has 1 rings (SSSR count). The maximum atomic E-state index is 11.9. The fourth-order valence-corrected chi connectivity index (χ4v) is 1.89. The molecular weight excluding hydrogens is 249 g/mol. The maximum Gasteiger partial charge on any atom is 0.401 e. The van der Waals surface area contributed by atoms with Gasteiger partial charge in [-0.3, -0.25) is 4.79 Å². The number of nitrogens with one attached hydrogen (secondary N) is 1. The molecule has 1 N–H and O–H groups in total. The van der Waals surface area contributed by atoms with E-state index in [1.54, 1.807) is 7.05 Å². The van der Waals surface area contributed by atoms with Crippen LogP contribution in [0.2, 0.25) is 0 Å². The molecule has 0 aromatic rings. The number of nitrogens with zero attached hydrogens (tertiary/aromatic N) is 1. The number of carbonyl (C=O) groups is 1. The van der Waals surface area contributed by atoms with E-state index in [1.165, 1.54) is 4.90 Å². The number of hydrogen-bond acceptors (Lipinski definition) is 3. The van der Waals surface area contributed by atoms with Crippen molar-refractivity contribution in [2.24, 2.45) is 5.92 Å². The summed E-state index contributed by atoms with van der Waals surface area (Å²) in [5.74, 6) is -0.0415. The lowest BCUT2D eigenvalue weighted by Crippen LogP contribution is -2.41. The smallest absolute Gasteiger partial charge is 0.381 e. The number of ether oxygens (including phenoxy) is 1. The highest BCUT2D eigenvalue weighted by atomic mass is 19.4. The van der Waals surface area contributed by atoms with Crippen LogP contribution in [-0.4, -0.2) is 56.9 Å². The minimum atomic E-state index is -4.28. The largest absolute Gasteiger partial charge is 0.401 e. The topological polar surface area (TPSA) is 41.6 Å². The fourth-order valence-electron chi connectivity index (χ4n) is 1.89. The van der Waals surface area contributed by atoms with Gasteiger partial charge in [0.25, 0.3) is 0 Å². The molecule has 0 aliphatic carbocycles. The van der Waals surface area contributed by atoms with Crippen molar-refractivity contribution in [2.75, 3.05) is 39.9 Å². The standard InChI is InChI=1S/C11H19F3N2O2/c1-16(6-9-3-2-4-18-7-9)10(17)5-15-8-11(12,13)14/h9,15H,2-8H2,1H3. The van der Waals surface area contributed by atoms with Crippen LogP contribution in [0, 0.1) is 5.92 Å². The third-order valence-corrected chi connectivity index (χ3v) is 2.81. The van der Waals surface area contributed by atoms with E-state index in [9.17, 15) is 18.0 Å². The first-order chi connectivity index (χ1) is 8.38. The lowest BCUT2D eigenvalue weighted by molar-refractivity contribution is -0.134. The van der Waals surface area contributed by atoms with Crippen LogP contribution >= 0.6 is 0 Å². The van der Waals surface area contributed by atoms with Gasteiger partial charge in [0.1, 0.15) is 0 Å². The third kappa shape index (κ3) is 6.20.